The molecule has 0 aliphatic rings. The van der Waals surface area contributed by atoms with Crippen LogP contribution in [-0.2, 0) is 11.4 Å². The van der Waals surface area contributed by atoms with Crippen molar-refractivity contribution in [2.45, 2.75) is 6.61 Å². The lowest BCUT2D eigenvalue weighted by atomic mass is 10.2. The van der Waals surface area contributed by atoms with Crippen LogP contribution >= 0.6 is 23.2 Å². The minimum atomic E-state index is -0.444. The van der Waals surface area contributed by atoms with E-state index in [1.807, 2.05) is 24.3 Å². The monoisotopic (exact) mass is 497 g/mol. The van der Waals surface area contributed by atoms with Gasteiger partial charge in [0.25, 0.3) is 5.91 Å². The lowest BCUT2D eigenvalue weighted by molar-refractivity contribution is -0.123. The fourth-order valence-electron chi connectivity index (χ4n) is 3.08. The average Bonchev–Trinajstić information content (AvgIpc) is 2.83. The van der Waals surface area contributed by atoms with Gasteiger partial charge in [-0.2, -0.15) is 5.10 Å². The van der Waals surface area contributed by atoms with Gasteiger partial charge in [-0.3, -0.25) is 9.78 Å². The normalized spacial score (nSPS) is 11.0. The number of amides is 1. The number of benzene rings is 3. The lowest BCUT2D eigenvalue weighted by Crippen LogP contribution is -2.24. The van der Waals surface area contributed by atoms with E-state index >= 15 is 0 Å². The molecule has 4 rings (SSSR count). The number of hydrogen-bond acceptors (Lipinski definition) is 5. The molecular formula is C25H18Cl2FN3O3. The summed E-state index contributed by atoms with van der Waals surface area (Å²) < 4.78 is 24.3. The van der Waals surface area contributed by atoms with Crippen LogP contribution in [0.2, 0.25) is 10.0 Å². The zero-order chi connectivity index (χ0) is 23.9. The van der Waals surface area contributed by atoms with Gasteiger partial charge in [0.2, 0.25) is 0 Å². The van der Waals surface area contributed by atoms with Crippen molar-refractivity contribution < 1.29 is 18.7 Å². The smallest absolute Gasteiger partial charge is 0.277 e. The van der Waals surface area contributed by atoms with Crippen molar-refractivity contribution in [2.75, 3.05) is 6.61 Å². The number of rotatable bonds is 8. The Morgan fingerprint density at radius 2 is 1.76 bits per heavy atom. The Hall–Kier alpha value is -3.68. The molecule has 34 heavy (non-hydrogen) atoms. The molecule has 9 heteroatoms. The number of para-hydroxylation sites is 1. The molecule has 0 saturated carbocycles. The highest BCUT2D eigenvalue weighted by atomic mass is 35.5. The molecule has 1 heterocycles. The molecule has 1 amide bonds. The second-order valence-electron chi connectivity index (χ2n) is 7.14. The zero-order valence-electron chi connectivity index (χ0n) is 17.7. The van der Waals surface area contributed by atoms with Crippen molar-refractivity contribution in [3.8, 4) is 11.5 Å². The van der Waals surface area contributed by atoms with Gasteiger partial charge in [-0.1, -0.05) is 53.5 Å². The Bertz CT molecular complexity index is 1320. The predicted molar refractivity (Wildman–Crippen MR) is 130 cm³/mol. The number of aromatic nitrogens is 1. The number of hydrogen-bond donors (Lipinski definition) is 1. The summed E-state index contributed by atoms with van der Waals surface area (Å²) in [6.45, 7) is -0.0554. The number of hydrazone groups is 1. The lowest BCUT2D eigenvalue weighted by Gasteiger charge is -2.11. The van der Waals surface area contributed by atoms with Gasteiger partial charge in [0.15, 0.2) is 12.4 Å². The maximum Gasteiger partial charge on any atom is 0.277 e. The minimum Gasteiger partial charge on any atom is -0.486 e. The summed E-state index contributed by atoms with van der Waals surface area (Å²) in [6, 6.07) is 18.3. The fraction of sp³-hybridized carbons (Fsp3) is 0.0800. The summed E-state index contributed by atoms with van der Waals surface area (Å²) in [5, 5.41) is 5.37. The summed E-state index contributed by atoms with van der Waals surface area (Å²) in [7, 11) is 0. The number of halogens is 3. The van der Waals surface area contributed by atoms with Gasteiger partial charge in [-0.25, -0.2) is 9.82 Å². The molecule has 3 aromatic carbocycles. The summed E-state index contributed by atoms with van der Waals surface area (Å²) in [4.78, 5) is 16.4. The van der Waals surface area contributed by atoms with Crippen molar-refractivity contribution in [1.82, 2.24) is 10.4 Å². The summed E-state index contributed by atoms with van der Waals surface area (Å²) >= 11 is 12.6. The summed E-state index contributed by atoms with van der Waals surface area (Å²) in [5.74, 6) is 0.0336. The Balaban J connectivity index is 1.32. The highest BCUT2D eigenvalue weighted by Gasteiger charge is 2.10. The number of nitrogens with zero attached hydrogens (tertiary/aromatic N) is 2. The first-order valence-electron chi connectivity index (χ1n) is 10.1. The first-order chi connectivity index (χ1) is 16.5. The molecule has 1 aromatic heterocycles. The van der Waals surface area contributed by atoms with Gasteiger partial charge in [-0.05, 0) is 47.5 Å². The topological polar surface area (TPSA) is 72.8 Å². The minimum absolute atomic E-state index is 0.176. The van der Waals surface area contributed by atoms with Crippen molar-refractivity contribution in [3.05, 3.63) is 99.9 Å². The van der Waals surface area contributed by atoms with Crippen LogP contribution in [0.3, 0.4) is 0 Å². The zero-order valence-corrected chi connectivity index (χ0v) is 19.2. The number of carbonyl (C=O) groups is 1. The molecule has 0 radical (unpaired) electrons. The molecule has 0 saturated heterocycles. The number of carbonyl (C=O) groups excluding carboxylic acids is 1. The fourth-order valence-corrected chi connectivity index (χ4v) is 3.69. The molecule has 0 unspecified atom stereocenters. The van der Waals surface area contributed by atoms with E-state index in [4.69, 9.17) is 32.7 Å². The van der Waals surface area contributed by atoms with Gasteiger partial charge >= 0.3 is 0 Å². The van der Waals surface area contributed by atoms with E-state index in [-0.39, 0.29) is 29.1 Å². The van der Waals surface area contributed by atoms with Gasteiger partial charge < -0.3 is 9.47 Å². The van der Waals surface area contributed by atoms with Gasteiger partial charge in [0, 0.05) is 11.6 Å². The van der Waals surface area contributed by atoms with E-state index < -0.39 is 5.91 Å². The van der Waals surface area contributed by atoms with Crippen molar-refractivity contribution >= 4 is 46.2 Å². The Labute approximate surface area is 204 Å². The first-order valence-corrected chi connectivity index (χ1v) is 10.9. The van der Waals surface area contributed by atoms with Crippen LogP contribution in [0, 0.1) is 5.82 Å². The van der Waals surface area contributed by atoms with E-state index in [1.165, 1.54) is 18.3 Å². The van der Waals surface area contributed by atoms with Gasteiger partial charge in [-0.15, -0.1) is 0 Å². The molecule has 172 valence electrons. The Morgan fingerprint density at radius 3 is 2.53 bits per heavy atom. The molecule has 0 aliphatic carbocycles. The second kappa shape index (κ2) is 11.0. The third kappa shape index (κ3) is 6.01. The third-order valence-corrected chi connectivity index (χ3v) is 5.24. The van der Waals surface area contributed by atoms with E-state index in [1.54, 1.807) is 36.5 Å². The van der Waals surface area contributed by atoms with Crippen LogP contribution in [0.1, 0.15) is 11.1 Å². The molecule has 4 aromatic rings. The summed E-state index contributed by atoms with van der Waals surface area (Å²) in [6.07, 6.45) is 3.06. The van der Waals surface area contributed by atoms with Crippen LogP contribution in [0.15, 0.2) is 78.0 Å². The maximum absolute atomic E-state index is 13.0. The number of nitrogens with one attached hydrogen (secondary N) is 1. The van der Waals surface area contributed by atoms with Crippen LogP contribution in [0.5, 0.6) is 11.5 Å². The number of ether oxygens (including phenoxy) is 2. The predicted octanol–water partition coefficient (Wildman–Crippen LogP) is 5.79. The van der Waals surface area contributed by atoms with Crippen molar-refractivity contribution in [3.63, 3.8) is 0 Å². The largest absolute Gasteiger partial charge is 0.486 e. The van der Waals surface area contributed by atoms with Crippen LogP contribution < -0.4 is 14.9 Å². The number of pyridine rings is 1. The van der Waals surface area contributed by atoms with Crippen LogP contribution in [0.4, 0.5) is 4.39 Å². The van der Waals surface area contributed by atoms with Crippen molar-refractivity contribution in [2.24, 2.45) is 5.10 Å². The van der Waals surface area contributed by atoms with Crippen molar-refractivity contribution in [1.29, 1.82) is 0 Å². The standard InChI is InChI=1S/C25H18Cl2FN3O3/c26-20-11-17(12-21(27)25(20)34-14-16-6-8-19(28)9-7-16)13-30-31-23(32)15-33-22-5-1-3-18-4-2-10-29-24(18)22/h1-13H,14-15H2,(H,31,32)/b30-13+. The average molecular weight is 498 g/mol. The molecule has 0 fully saturated rings. The maximum atomic E-state index is 13.0. The molecule has 1 N–H and O–H groups in total. The van der Waals surface area contributed by atoms with E-state index in [0.717, 1.165) is 10.9 Å². The molecule has 0 aliphatic heterocycles. The van der Waals surface area contributed by atoms with Gasteiger partial charge in [0.1, 0.15) is 23.7 Å². The summed E-state index contributed by atoms with van der Waals surface area (Å²) in [5.41, 5.74) is 4.39. The second-order valence-corrected chi connectivity index (χ2v) is 7.96. The SMILES string of the molecule is O=C(COc1cccc2cccnc12)N/N=C/c1cc(Cl)c(OCc2ccc(F)cc2)c(Cl)c1. The Kier molecular flexibility index (Phi) is 7.57. The molecule has 0 spiro atoms. The van der Waals surface area contributed by atoms with E-state index in [9.17, 15) is 9.18 Å². The highest BCUT2D eigenvalue weighted by molar-refractivity contribution is 6.37. The van der Waals surface area contributed by atoms with Crippen LogP contribution in [-0.4, -0.2) is 23.7 Å². The quantitative estimate of drug-likeness (QED) is 0.247. The molecular weight excluding hydrogens is 480 g/mol. The first kappa shape index (κ1) is 23.5. The Morgan fingerprint density at radius 1 is 1.03 bits per heavy atom. The molecule has 0 bridgehead atoms. The van der Waals surface area contributed by atoms with Crippen LogP contribution in [0.25, 0.3) is 10.9 Å². The highest BCUT2D eigenvalue weighted by Crippen LogP contribution is 2.34. The number of fused-ring (bicyclic) bond motifs is 1. The van der Waals surface area contributed by atoms with Gasteiger partial charge in [0.05, 0.1) is 16.3 Å². The van der Waals surface area contributed by atoms with E-state index in [2.05, 4.69) is 15.5 Å². The molecule has 6 nitrogen and oxygen atoms in total. The molecule has 0 atom stereocenters. The third-order valence-electron chi connectivity index (χ3n) is 4.67. The van der Waals surface area contributed by atoms with E-state index in [0.29, 0.717) is 22.6 Å².